The molecule has 0 radical (unpaired) electrons. The Bertz CT molecular complexity index is 624. The number of nitrogen functional groups attached to an aromatic ring is 1. The number of rotatable bonds is 2. The van der Waals surface area contributed by atoms with Crippen LogP contribution in [-0.2, 0) is 0 Å². The van der Waals surface area contributed by atoms with Gasteiger partial charge in [-0.2, -0.15) is 0 Å². The Morgan fingerprint density at radius 1 is 1.05 bits per heavy atom. The Hall–Kier alpha value is -2.34. The zero-order valence-electron chi connectivity index (χ0n) is 9.58. The van der Waals surface area contributed by atoms with Crippen LogP contribution in [0, 0.1) is 17.5 Å². The van der Waals surface area contributed by atoms with Gasteiger partial charge in [-0.1, -0.05) is 12.1 Å². The lowest BCUT2D eigenvalue weighted by atomic mass is 9.98. The van der Waals surface area contributed by atoms with Crippen LogP contribution in [-0.4, -0.2) is 5.91 Å². The van der Waals surface area contributed by atoms with Crippen molar-refractivity contribution in [3.63, 3.8) is 0 Å². The molecule has 1 amide bonds. The summed E-state index contributed by atoms with van der Waals surface area (Å²) in [5.74, 6) is 1.62. The van der Waals surface area contributed by atoms with E-state index in [1.807, 2.05) is 0 Å². The first kappa shape index (κ1) is 13.1. The third-order valence-corrected chi connectivity index (χ3v) is 2.55. The van der Waals surface area contributed by atoms with Crippen LogP contribution in [0.5, 0.6) is 0 Å². The van der Waals surface area contributed by atoms with E-state index >= 15 is 0 Å². The smallest absolute Gasteiger partial charge is 0.268 e. The summed E-state index contributed by atoms with van der Waals surface area (Å²) in [7, 11) is 0. The molecule has 19 heavy (non-hydrogen) atoms. The first-order valence-electron chi connectivity index (χ1n) is 5.29. The van der Waals surface area contributed by atoms with Crippen LogP contribution in [0.15, 0.2) is 36.4 Å². The molecule has 0 saturated heterocycles. The minimum atomic E-state index is -0.877. The van der Waals surface area contributed by atoms with Crippen LogP contribution in [0.25, 0.3) is 11.1 Å². The number of hydrogen-bond acceptors (Lipinski definition) is 2. The van der Waals surface area contributed by atoms with Gasteiger partial charge in [-0.25, -0.2) is 19.0 Å². The second-order valence-corrected chi connectivity index (χ2v) is 3.79. The van der Waals surface area contributed by atoms with Crippen LogP contribution < -0.4 is 11.3 Å². The van der Waals surface area contributed by atoms with E-state index in [-0.39, 0.29) is 16.7 Å². The van der Waals surface area contributed by atoms with Gasteiger partial charge in [0.05, 0.1) is 5.56 Å². The molecule has 0 aromatic heterocycles. The fourth-order valence-corrected chi connectivity index (χ4v) is 1.78. The Balaban J connectivity index is 2.68. The van der Waals surface area contributed by atoms with Crippen LogP contribution >= 0.6 is 0 Å². The first-order valence-corrected chi connectivity index (χ1v) is 5.29. The second-order valence-electron chi connectivity index (χ2n) is 3.79. The van der Waals surface area contributed by atoms with E-state index in [4.69, 9.17) is 5.84 Å². The molecule has 2 aromatic carbocycles. The van der Waals surface area contributed by atoms with E-state index < -0.39 is 23.4 Å². The highest BCUT2D eigenvalue weighted by molar-refractivity contribution is 6.00. The summed E-state index contributed by atoms with van der Waals surface area (Å²) in [6.45, 7) is 0. The number of amides is 1. The molecule has 0 saturated carbocycles. The fourth-order valence-electron chi connectivity index (χ4n) is 1.78. The summed E-state index contributed by atoms with van der Waals surface area (Å²) in [6, 6.07) is 6.47. The van der Waals surface area contributed by atoms with Gasteiger partial charge in [0, 0.05) is 6.07 Å². The fraction of sp³-hybridized carbons (Fsp3) is 0. The highest BCUT2D eigenvalue weighted by Crippen LogP contribution is 2.27. The third-order valence-electron chi connectivity index (χ3n) is 2.55. The molecule has 0 bridgehead atoms. The average molecular weight is 266 g/mol. The molecule has 2 aromatic rings. The first-order chi connectivity index (χ1) is 9.02. The molecule has 0 heterocycles. The van der Waals surface area contributed by atoms with Crippen molar-refractivity contribution in [2.45, 2.75) is 0 Å². The van der Waals surface area contributed by atoms with Gasteiger partial charge in [-0.15, -0.1) is 0 Å². The number of benzene rings is 2. The van der Waals surface area contributed by atoms with Gasteiger partial charge in [-0.3, -0.25) is 10.2 Å². The largest absolute Gasteiger partial charge is 0.290 e. The number of carbonyl (C=O) groups excluding carboxylic acids is 1. The van der Waals surface area contributed by atoms with Crippen molar-refractivity contribution in [1.29, 1.82) is 0 Å². The predicted octanol–water partition coefficient (Wildman–Crippen LogP) is 2.37. The molecule has 6 heteroatoms. The van der Waals surface area contributed by atoms with Gasteiger partial charge in [0.2, 0.25) is 0 Å². The lowest BCUT2D eigenvalue weighted by Crippen LogP contribution is -2.31. The van der Waals surface area contributed by atoms with Crippen molar-refractivity contribution in [2.75, 3.05) is 0 Å². The maximum Gasteiger partial charge on any atom is 0.268 e. The van der Waals surface area contributed by atoms with Gasteiger partial charge >= 0.3 is 0 Å². The molecule has 3 N–H and O–H groups in total. The minimum Gasteiger partial charge on any atom is -0.290 e. The van der Waals surface area contributed by atoms with Crippen molar-refractivity contribution in [2.24, 2.45) is 5.84 Å². The molecule has 0 aliphatic rings. The molecule has 0 aliphatic carbocycles. The minimum absolute atomic E-state index is 0.0515. The number of nitrogens with one attached hydrogen (secondary N) is 1. The normalized spacial score (nSPS) is 10.3. The summed E-state index contributed by atoms with van der Waals surface area (Å²) in [4.78, 5) is 11.5. The SMILES string of the molecule is NNC(=O)c1c(F)cccc1-c1cc(F)cc(F)c1. The summed E-state index contributed by atoms with van der Waals surface area (Å²) in [5.41, 5.74) is 1.54. The summed E-state index contributed by atoms with van der Waals surface area (Å²) in [6.07, 6.45) is 0. The zero-order chi connectivity index (χ0) is 14.0. The number of nitrogens with two attached hydrogens (primary N) is 1. The number of halogens is 3. The number of carbonyl (C=O) groups is 1. The molecular weight excluding hydrogens is 257 g/mol. The molecule has 3 nitrogen and oxygen atoms in total. The molecule has 2 rings (SSSR count). The van der Waals surface area contributed by atoms with Gasteiger partial charge in [-0.05, 0) is 29.3 Å². The molecule has 0 spiro atoms. The number of hydrazine groups is 1. The highest BCUT2D eigenvalue weighted by Gasteiger charge is 2.17. The monoisotopic (exact) mass is 266 g/mol. The second kappa shape index (κ2) is 5.11. The molecular formula is C13H9F3N2O. The lowest BCUT2D eigenvalue weighted by Gasteiger charge is -2.09. The maximum atomic E-state index is 13.7. The molecule has 98 valence electrons. The quantitative estimate of drug-likeness (QED) is 0.498. The summed E-state index contributed by atoms with van der Waals surface area (Å²) >= 11 is 0. The van der Waals surface area contributed by atoms with E-state index in [9.17, 15) is 18.0 Å². The van der Waals surface area contributed by atoms with Crippen molar-refractivity contribution in [3.05, 3.63) is 59.4 Å². The van der Waals surface area contributed by atoms with Gasteiger partial charge in [0.25, 0.3) is 5.91 Å². The van der Waals surface area contributed by atoms with E-state index in [1.165, 1.54) is 12.1 Å². The lowest BCUT2D eigenvalue weighted by molar-refractivity contribution is 0.0950. The average Bonchev–Trinajstić information content (AvgIpc) is 2.36. The standard InChI is InChI=1S/C13H9F3N2O/c14-8-4-7(5-9(15)6-8)10-2-1-3-11(16)12(10)13(19)18-17/h1-6H,17H2,(H,18,19). The van der Waals surface area contributed by atoms with Crippen molar-refractivity contribution < 1.29 is 18.0 Å². The van der Waals surface area contributed by atoms with E-state index in [0.717, 1.165) is 18.2 Å². The topological polar surface area (TPSA) is 55.1 Å². The Kier molecular flexibility index (Phi) is 3.52. The van der Waals surface area contributed by atoms with Gasteiger partial charge in [0.15, 0.2) is 0 Å². The molecule has 0 unspecified atom stereocenters. The van der Waals surface area contributed by atoms with Crippen molar-refractivity contribution in [1.82, 2.24) is 5.43 Å². The van der Waals surface area contributed by atoms with Crippen molar-refractivity contribution >= 4 is 5.91 Å². The highest BCUT2D eigenvalue weighted by atomic mass is 19.1. The van der Waals surface area contributed by atoms with Crippen molar-refractivity contribution in [3.8, 4) is 11.1 Å². The Labute approximate surface area is 106 Å². The number of hydrogen-bond donors (Lipinski definition) is 2. The maximum absolute atomic E-state index is 13.7. The van der Waals surface area contributed by atoms with Crippen LogP contribution in [0.4, 0.5) is 13.2 Å². The molecule has 0 aliphatic heterocycles. The summed E-state index contributed by atoms with van der Waals surface area (Å²) < 4.78 is 40.0. The zero-order valence-corrected chi connectivity index (χ0v) is 9.58. The molecule has 0 fully saturated rings. The van der Waals surface area contributed by atoms with E-state index in [2.05, 4.69) is 0 Å². The summed E-state index contributed by atoms with van der Waals surface area (Å²) in [5, 5.41) is 0. The van der Waals surface area contributed by atoms with Crippen LogP contribution in [0.3, 0.4) is 0 Å². The van der Waals surface area contributed by atoms with Gasteiger partial charge < -0.3 is 0 Å². The molecule has 0 atom stereocenters. The Morgan fingerprint density at radius 3 is 2.26 bits per heavy atom. The Morgan fingerprint density at radius 2 is 1.68 bits per heavy atom. The van der Waals surface area contributed by atoms with Crippen LogP contribution in [0.1, 0.15) is 10.4 Å². The third kappa shape index (κ3) is 2.58. The van der Waals surface area contributed by atoms with Gasteiger partial charge in [0.1, 0.15) is 17.5 Å². The van der Waals surface area contributed by atoms with E-state index in [1.54, 1.807) is 5.43 Å². The predicted molar refractivity (Wildman–Crippen MR) is 63.4 cm³/mol. The van der Waals surface area contributed by atoms with Crippen LogP contribution in [0.2, 0.25) is 0 Å². The van der Waals surface area contributed by atoms with E-state index in [0.29, 0.717) is 6.07 Å².